The molecule has 3 heteroatoms. The van der Waals surface area contributed by atoms with Crippen molar-refractivity contribution in [3.05, 3.63) is 53.0 Å². The number of para-hydroxylation sites is 1. The van der Waals surface area contributed by atoms with Gasteiger partial charge in [0.15, 0.2) is 0 Å². The predicted octanol–water partition coefficient (Wildman–Crippen LogP) is 3.00. The van der Waals surface area contributed by atoms with E-state index in [0.717, 1.165) is 30.2 Å². The van der Waals surface area contributed by atoms with Crippen LogP contribution in [0.1, 0.15) is 29.1 Å². The van der Waals surface area contributed by atoms with E-state index < -0.39 is 0 Å². The van der Waals surface area contributed by atoms with Gasteiger partial charge in [-0.25, -0.2) is 0 Å². The van der Waals surface area contributed by atoms with E-state index in [4.69, 9.17) is 10.2 Å². The van der Waals surface area contributed by atoms with Crippen LogP contribution in [-0.4, -0.2) is 6.54 Å². The first-order valence-electron chi connectivity index (χ1n) is 6.89. The molecule has 3 nitrogen and oxygen atoms in total. The predicted molar refractivity (Wildman–Crippen MR) is 77.1 cm³/mol. The van der Waals surface area contributed by atoms with E-state index in [0.29, 0.717) is 6.54 Å². The van der Waals surface area contributed by atoms with Gasteiger partial charge in [0, 0.05) is 12.2 Å². The molecule has 2 N–H and O–H groups in total. The number of furan rings is 1. The third-order valence-corrected chi connectivity index (χ3v) is 3.81. The Hall–Kier alpha value is -1.74. The van der Waals surface area contributed by atoms with Gasteiger partial charge in [0.05, 0.1) is 13.1 Å². The molecule has 1 aliphatic rings. The first kappa shape index (κ1) is 12.3. The summed E-state index contributed by atoms with van der Waals surface area (Å²) in [5.41, 5.74) is 9.61. The largest absolute Gasteiger partial charge is 0.463 e. The molecule has 0 saturated heterocycles. The molecule has 100 valence electrons. The minimum absolute atomic E-state index is 0.475. The van der Waals surface area contributed by atoms with Crippen molar-refractivity contribution in [2.75, 3.05) is 11.4 Å². The van der Waals surface area contributed by atoms with Crippen LogP contribution in [0.4, 0.5) is 5.69 Å². The Morgan fingerprint density at radius 3 is 2.95 bits per heavy atom. The fourth-order valence-electron chi connectivity index (χ4n) is 2.83. The van der Waals surface area contributed by atoms with Gasteiger partial charge in [0.1, 0.15) is 11.5 Å². The second kappa shape index (κ2) is 5.10. The average molecular weight is 256 g/mol. The van der Waals surface area contributed by atoms with Gasteiger partial charge in [-0.1, -0.05) is 18.2 Å². The standard InChI is InChI=1S/C16H20N2O/c1-12-9-14(19-16(12)10-17)11-18-8-4-6-13-5-2-3-7-15(13)18/h2-3,5,7,9H,4,6,8,10-11,17H2,1H3. The molecule has 1 aromatic heterocycles. The average Bonchev–Trinajstić information content (AvgIpc) is 2.79. The van der Waals surface area contributed by atoms with E-state index in [1.165, 1.54) is 24.1 Å². The zero-order chi connectivity index (χ0) is 13.2. The maximum absolute atomic E-state index is 5.81. The lowest BCUT2D eigenvalue weighted by molar-refractivity contribution is 0.457. The highest BCUT2D eigenvalue weighted by atomic mass is 16.3. The summed E-state index contributed by atoms with van der Waals surface area (Å²) >= 11 is 0. The Kier molecular flexibility index (Phi) is 3.30. The van der Waals surface area contributed by atoms with Crippen molar-refractivity contribution in [1.29, 1.82) is 0 Å². The van der Waals surface area contributed by atoms with Crippen LogP contribution in [0.3, 0.4) is 0 Å². The number of hydrogen-bond acceptors (Lipinski definition) is 3. The number of aryl methyl sites for hydroxylation is 2. The van der Waals surface area contributed by atoms with Gasteiger partial charge in [-0.15, -0.1) is 0 Å². The quantitative estimate of drug-likeness (QED) is 0.918. The third-order valence-electron chi connectivity index (χ3n) is 3.81. The fraction of sp³-hybridized carbons (Fsp3) is 0.375. The number of nitrogens with zero attached hydrogens (tertiary/aromatic N) is 1. The molecule has 0 aliphatic carbocycles. The molecular formula is C16H20N2O. The van der Waals surface area contributed by atoms with Gasteiger partial charge < -0.3 is 15.1 Å². The molecule has 2 heterocycles. The first-order chi connectivity index (χ1) is 9.28. The molecule has 19 heavy (non-hydrogen) atoms. The molecule has 1 aliphatic heterocycles. The van der Waals surface area contributed by atoms with Crippen LogP contribution >= 0.6 is 0 Å². The molecule has 0 bridgehead atoms. The maximum atomic E-state index is 5.81. The Morgan fingerprint density at radius 2 is 2.16 bits per heavy atom. The summed E-state index contributed by atoms with van der Waals surface area (Å²) in [6.45, 7) is 4.45. The van der Waals surface area contributed by atoms with E-state index in [2.05, 4.69) is 42.2 Å². The van der Waals surface area contributed by atoms with E-state index in [1.54, 1.807) is 0 Å². The van der Waals surface area contributed by atoms with Crippen molar-refractivity contribution in [2.45, 2.75) is 32.9 Å². The van der Waals surface area contributed by atoms with Crippen LogP contribution in [0.25, 0.3) is 0 Å². The number of hydrogen-bond donors (Lipinski definition) is 1. The van der Waals surface area contributed by atoms with Crippen LogP contribution < -0.4 is 10.6 Å². The number of anilines is 1. The van der Waals surface area contributed by atoms with Gasteiger partial charge >= 0.3 is 0 Å². The van der Waals surface area contributed by atoms with Crippen LogP contribution in [0.5, 0.6) is 0 Å². The van der Waals surface area contributed by atoms with Crippen LogP contribution in [0, 0.1) is 6.92 Å². The Bertz CT molecular complexity index is 574. The lowest BCUT2D eigenvalue weighted by Gasteiger charge is -2.30. The molecule has 3 rings (SSSR count). The van der Waals surface area contributed by atoms with Crippen molar-refractivity contribution in [3.63, 3.8) is 0 Å². The molecule has 0 spiro atoms. The second-order valence-corrected chi connectivity index (χ2v) is 5.18. The first-order valence-corrected chi connectivity index (χ1v) is 6.89. The van der Waals surface area contributed by atoms with E-state index in [9.17, 15) is 0 Å². The van der Waals surface area contributed by atoms with Crippen LogP contribution in [-0.2, 0) is 19.5 Å². The molecule has 0 unspecified atom stereocenters. The SMILES string of the molecule is Cc1cc(CN2CCCc3ccccc32)oc1CN. The topological polar surface area (TPSA) is 42.4 Å². The van der Waals surface area contributed by atoms with Crippen molar-refractivity contribution < 1.29 is 4.42 Å². The fourth-order valence-corrected chi connectivity index (χ4v) is 2.83. The molecule has 1 aromatic carbocycles. The lowest BCUT2D eigenvalue weighted by Crippen LogP contribution is -2.28. The monoisotopic (exact) mass is 256 g/mol. The van der Waals surface area contributed by atoms with Crippen LogP contribution in [0.2, 0.25) is 0 Å². The summed E-state index contributed by atoms with van der Waals surface area (Å²) in [7, 11) is 0. The van der Waals surface area contributed by atoms with Gasteiger partial charge in [0.2, 0.25) is 0 Å². The van der Waals surface area contributed by atoms with Gasteiger partial charge in [-0.3, -0.25) is 0 Å². The molecule has 0 amide bonds. The normalized spacial score (nSPS) is 14.5. The highest BCUT2D eigenvalue weighted by Gasteiger charge is 2.18. The Labute approximate surface area is 114 Å². The summed E-state index contributed by atoms with van der Waals surface area (Å²) in [5, 5.41) is 0. The number of nitrogens with two attached hydrogens (primary N) is 1. The van der Waals surface area contributed by atoms with E-state index >= 15 is 0 Å². The highest BCUT2D eigenvalue weighted by molar-refractivity contribution is 5.55. The van der Waals surface area contributed by atoms with Crippen molar-refractivity contribution >= 4 is 5.69 Å². The number of rotatable bonds is 3. The summed E-state index contributed by atoms with van der Waals surface area (Å²) in [4.78, 5) is 2.40. The molecular weight excluding hydrogens is 236 g/mol. The summed E-state index contributed by atoms with van der Waals surface area (Å²) in [6.07, 6.45) is 2.39. The smallest absolute Gasteiger partial charge is 0.123 e. The minimum Gasteiger partial charge on any atom is -0.463 e. The van der Waals surface area contributed by atoms with Crippen LogP contribution in [0.15, 0.2) is 34.7 Å². The molecule has 0 saturated carbocycles. The summed E-state index contributed by atoms with van der Waals surface area (Å²) < 4.78 is 5.81. The third kappa shape index (κ3) is 2.38. The van der Waals surface area contributed by atoms with Gasteiger partial charge in [0.25, 0.3) is 0 Å². The van der Waals surface area contributed by atoms with Crippen molar-refractivity contribution in [3.8, 4) is 0 Å². The zero-order valence-corrected chi connectivity index (χ0v) is 11.4. The Balaban J connectivity index is 1.84. The maximum Gasteiger partial charge on any atom is 0.123 e. The Morgan fingerprint density at radius 1 is 1.32 bits per heavy atom. The van der Waals surface area contributed by atoms with E-state index in [-0.39, 0.29) is 0 Å². The number of benzene rings is 1. The van der Waals surface area contributed by atoms with Gasteiger partial charge in [-0.2, -0.15) is 0 Å². The molecule has 0 radical (unpaired) electrons. The zero-order valence-electron chi connectivity index (χ0n) is 11.4. The summed E-state index contributed by atoms with van der Waals surface area (Å²) in [6, 6.07) is 10.8. The van der Waals surface area contributed by atoms with E-state index in [1.807, 2.05) is 0 Å². The summed E-state index contributed by atoms with van der Waals surface area (Å²) in [5.74, 6) is 1.91. The number of fused-ring (bicyclic) bond motifs is 1. The second-order valence-electron chi connectivity index (χ2n) is 5.18. The highest BCUT2D eigenvalue weighted by Crippen LogP contribution is 2.28. The minimum atomic E-state index is 0.475. The lowest BCUT2D eigenvalue weighted by atomic mass is 10.0. The molecule has 2 aromatic rings. The van der Waals surface area contributed by atoms with Gasteiger partial charge in [-0.05, 0) is 43.0 Å². The van der Waals surface area contributed by atoms with Crippen molar-refractivity contribution in [1.82, 2.24) is 0 Å². The van der Waals surface area contributed by atoms with Crippen molar-refractivity contribution in [2.24, 2.45) is 5.73 Å². The molecule has 0 fully saturated rings. The molecule has 0 atom stereocenters.